The summed E-state index contributed by atoms with van der Waals surface area (Å²) in [5, 5.41) is 7.91. The maximum Gasteiger partial charge on any atom is 0.340 e. The summed E-state index contributed by atoms with van der Waals surface area (Å²) in [7, 11) is 2.84. The molecule has 0 aliphatic carbocycles. The number of ether oxygens (including phenoxy) is 3. The largest absolute Gasteiger partial charge is 0.493 e. The predicted octanol–water partition coefficient (Wildman–Crippen LogP) is 3.44. The number of nitrogens with one attached hydrogen (secondary N) is 3. The molecule has 10 nitrogen and oxygen atoms in total. The van der Waals surface area contributed by atoms with Gasteiger partial charge in [-0.3, -0.25) is 14.4 Å². The van der Waals surface area contributed by atoms with E-state index in [1.54, 1.807) is 45.0 Å². The van der Waals surface area contributed by atoms with Gasteiger partial charge in [0.25, 0.3) is 5.91 Å². The number of anilines is 3. The molecule has 0 saturated carbocycles. The highest BCUT2D eigenvalue weighted by molar-refractivity contribution is 6.04. The van der Waals surface area contributed by atoms with E-state index in [0.29, 0.717) is 17.1 Å². The predicted molar refractivity (Wildman–Crippen MR) is 127 cm³/mol. The third-order valence-corrected chi connectivity index (χ3v) is 4.50. The Morgan fingerprint density at radius 3 is 1.85 bits per heavy atom. The highest BCUT2D eigenvalue weighted by Crippen LogP contribution is 2.34. The number of rotatable bonds is 8. The smallest absolute Gasteiger partial charge is 0.340 e. The van der Waals surface area contributed by atoms with E-state index in [9.17, 15) is 19.2 Å². The number of hydrogen-bond donors (Lipinski definition) is 3. The molecule has 0 bridgehead atoms. The summed E-state index contributed by atoms with van der Waals surface area (Å²) < 4.78 is 15.7. The molecular formula is C24H29N3O7. The van der Waals surface area contributed by atoms with Gasteiger partial charge in [0.05, 0.1) is 25.5 Å². The molecule has 34 heavy (non-hydrogen) atoms. The molecule has 2 rings (SSSR count). The summed E-state index contributed by atoms with van der Waals surface area (Å²) in [6.07, 6.45) is 0. The zero-order valence-electron chi connectivity index (χ0n) is 20.0. The first-order valence-corrected chi connectivity index (χ1v) is 10.4. The Balaban J connectivity index is 2.13. The van der Waals surface area contributed by atoms with E-state index in [2.05, 4.69) is 16.0 Å². The average Bonchev–Trinajstić information content (AvgIpc) is 2.77. The van der Waals surface area contributed by atoms with E-state index >= 15 is 0 Å². The Kier molecular flexibility index (Phi) is 8.60. The van der Waals surface area contributed by atoms with Crippen LogP contribution in [0.25, 0.3) is 0 Å². The summed E-state index contributed by atoms with van der Waals surface area (Å²) >= 11 is 0. The van der Waals surface area contributed by atoms with Crippen molar-refractivity contribution in [1.82, 2.24) is 0 Å². The van der Waals surface area contributed by atoms with Gasteiger partial charge in [0, 0.05) is 35.8 Å². The highest BCUT2D eigenvalue weighted by Gasteiger charge is 2.25. The molecule has 0 heterocycles. The molecule has 182 valence electrons. The van der Waals surface area contributed by atoms with Gasteiger partial charge in [-0.1, -0.05) is 20.8 Å². The second-order valence-electron chi connectivity index (χ2n) is 8.34. The molecule has 3 amide bonds. The molecule has 3 N–H and O–H groups in total. The van der Waals surface area contributed by atoms with Crippen LogP contribution in [0, 0.1) is 5.41 Å². The number of amides is 3. The van der Waals surface area contributed by atoms with Gasteiger partial charge in [-0.15, -0.1) is 0 Å². The zero-order chi connectivity index (χ0) is 25.5. The third kappa shape index (κ3) is 7.22. The van der Waals surface area contributed by atoms with Crippen molar-refractivity contribution in [3.05, 3.63) is 42.0 Å². The van der Waals surface area contributed by atoms with Gasteiger partial charge >= 0.3 is 5.97 Å². The molecule has 0 aliphatic rings. The minimum Gasteiger partial charge on any atom is -0.493 e. The van der Waals surface area contributed by atoms with Gasteiger partial charge in [-0.25, -0.2) is 4.79 Å². The van der Waals surface area contributed by atoms with Gasteiger partial charge in [-0.2, -0.15) is 0 Å². The van der Waals surface area contributed by atoms with Gasteiger partial charge in [0.2, 0.25) is 11.8 Å². The molecule has 0 fully saturated rings. The maximum atomic E-state index is 12.8. The Hall–Kier alpha value is -4.08. The van der Waals surface area contributed by atoms with Gasteiger partial charge < -0.3 is 30.2 Å². The lowest BCUT2D eigenvalue weighted by Crippen LogP contribution is -2.29. The normalized spacial score (nSPS) is 10.6. The Bertz CT molecular complexity index is 1070. The first-order chi connectivity index (χ1) is 15.9. The molecule has 0 radical (unpaired) electrons. The zero-order valence-corrected chi connectivity index (χ0v) is 20.0. The first-order valence-electron chi connectivity index (χ1n) is 10.4. The Labute approximate surface area is 198 Å². The average molecular weight is 472 g/mol. The lowest BCUT2D eigenvalue weighted by molar-refractivity contribution is -0.123. The minimum atomic E-state index is -0.832. The lowest BCUT2D eigenvalue weighted by atomic mass is 9.95. The van der Waals surface area contributed by atoms with Crippen LogP contribution in [-0.4, -0.2) is 44.5 Å². The van der Waals surface area contributed by atoms with Crippen molar-refractivity contribution >= 4 is 40.8 Å². The summed E-state index contributed by atoms with van der Waals surface area (Å²) in [5.41, 5.74) is 0.484. The second kappa shape index (κ2) is 11.2. The molecule has 0 aromatic heterocycles. The van der Waals surface area contributed by atoms with Crippen LogP contribution < -0.4 is 25.4 Å². The minimum absolute atomic E-state index is 0.00251. The van der Waals surface area contributed by atoms with Crippen LogP contribution in [-0.2, 0) is 19.1 Å². The van der Waals surface area contributed by atoms with Crippen molar-refractivity contribution < 1.29 is 33.4 Å². The van der Waals surface area contributed by atoms with E-state index in [4.69, 9.17) is 14.2 Å². The monoisotopic (exact) mass is 471 g/mol. The van der Waals surface area contributed by atoms with Crippen molar-refractivity contribution in [2.75, 3.05) is 36.8 Å². The summed E-state index contributed by atoms with van der Waals surface area (Å²) in [6.45, 7) is 6.02. The number of carbonyl (C=O) groups excluding carboxylic acids is 4. The molecule has 10 heteroatoms. The van der Waals surface area contributed by atoms with Crippen molar-refractivity contribution in [2.24, 2.45) is 5.41 Å². The number of hydrogen-bond acceptors (Lipinski definition) is 7. The third-order valence-electron chi connectivity index (χ3n) is 4.50. The molecule has 0 aliphatic heterocycles. The number of carbonyl (C=O) groups is 4. The molecule has 2 aromatic carbocycles. The van der Waals surface area contributed by atoms with Crippen LogP contribution in [0.2, 0.25) is 0 Å². The quantitative estimate of drug-likeness (QED) is 0.503. The number of benzene rings is 2. The maximum absolute atomic E-state index is 12.8. The van der Waals surface area contributed by atoms with E-state index in [1.807, 2.05) is 0 Å². The molecule has 0 unspecified atom stereocenters. The fourth-order valence-corrected chi connectivity index (χ4v) is 2.71. The van der Waals surface area contributed by atoms with Crippen LogP contribution in [0.15, 0.2) is 36.4 Å². The van der Waals surface area contributed by atoms with E-state index < -0.39 is 23.9 Å². The molecule has 0 atom stereocenters. The van der Waals surface area contributed by atoms with E-state index in [0.717, 1.165) is 0 Å². The van der Waals surface area contributed by atoms with Gasteiger partial charge in [0.15, 0.2) is 18.1 Å². The van der Waals surface area contributed by atoms with Crippen LogP contribution in [0.1, 0.15) is 38.1 Å². The molecule has 0 spiro atoms. The number of esters is 1. The summed E-state index contributed by atoms with van der Waals surface area (Å²) in [5.74, 6) is -1.37. The SMILES string of the molecule is COc1cc(NC(=O)C(C)(C)C)c(C(=O)OCC(=O)Nc2ccc(NC(C)=O)cc2)cc1OC. The second-order valence-corrected chi connectivity index (χ2v) is 8.34. The lowest BCUT2D eigenvalue weighted by Gasteiger charge is -2.20. The highest BCUT2D eigenvalue weighted by atomic mass is 16.5. The van der Waals surface area contributed by atoms with Crippen LogP contribution >= 0.6 is 0 Å². The van der Waals surface area contributed by atoms with Crippen molar-refractivity contribution in [2.45, 2.75) is 27.7 Å². The van der Waals surface area contributed by atoms with Crippen LogP contribution in [0.5, 0.6) is 11.5 Å². The van der Waals surface area contributed by atoms with Crippen LogP contribution in [0.4, 0.5) is 17.1 Å². The Morgan fingerprint density at radius 2 is 1.35 bits per heavy atom. The number of methoxy groups -OCH3 is 2. The van der Waals surface area contributed by atoms with Crippen molar-refractivity contribution in [3.8, 4) is 11.5 Å². The van der Waals surface area contributed by atoms with E-state index in [1.165, 1.54) is 33.3 Å². The van der Waals surface area contributed by atoms with Crippen LogP contribution in [0.3, 0.4) is 0 Å². The van der Waals surface area contributed by atoms with Crippen molar-refractivity contribution in [1.29, 1.82) is 0 Å². The fourth-order valence-electron chi connectivity index (χ4n) is 2.71. The van der Waals surface area contributed by atoms with Crippen molar-refractivity contribution in [3.63, 3.8) is 0 Å². The van der Waals surface area contributed by atoms with Gasteiger partial charge in [-0.05, 0) is 24.3 Å². The summed E-state index contributed by atoms with van der Waals surface area (Å²) in [4.78, 5) is 48.6. The Morgan fingerprint density at radius 1 is 0.824 bits per heavy atom. The molecule has 2 aromatic rings. The fraction of sp³-hybridized carbons (Fsp3) is 0.333. The topological polar surface area (TPSA) is 132 Å². The standard InChI is InChI=1S/C24H29N3O7/c1-14(28)25-15-7-9-16(10-8-15)26-21(29)13-34-22(30)17-11-19(32-5)20(33-6)12-18(17)27-23(31)24(2,3)4/h7-12H,13H2,1-6H3,(H,25,28)(H,26,29)(H,27,31). The molecule has 0 saturated heterocycles. The molecular weight excluding hydrogens is 442 g/mol. The first kappa shape index (κ1) is 26.2. The van der Waals surface area contributed by atoms with E-state index in [-0.39, 0.29) is 28.8 Å². The van der Waals surface area contributed by atoms with Gasteiger partial charge in [0.1, 0.15) is 0 Å². The summed E-state index contributed by atoms with van der Waals surface area (Å²) in [6, 6.07) is 9.26.